The van der Waals surface area contributed by atoms with Gasteiger partial charge in [-0.25, -0.2) is 0 Å². The molecule has 0 aliphatic heterocycles. The molecule has 22 heavy (non-hydrogen) atoms. The predicted molar refractivity (Wildman–Crippen MR) is 91.8 cm³/mol. The molecule has 1 heterocycles. The van der Waals surface area contributed by atoms with Crippen LogP contribution >= 0.6 is 46.1 Å². The molecule has 2 aromatic rings. The average molecular weight is 378 g/mol. The topological polar surface area (TPSA) is 49.4 Å². The lowest BCUT2D eigenvalue weighted by Gasteiger charge is -2.13. The number of benzene rings is 1. The van der Waals surface area contributed by atoms with Crippen molar-refractivity contribution in [2.75, 3.05) is 19.4 Å². The molecule has 2 rings (SSSR count). The minimum atomic E-state index is -0.404. The Morgan fingerprint density at radius 1 is 1.09 bits per heavy atom. The average Bonchev–Trinajstić information content (AvgIpc) is 2.79. The third-order valence-corrected chi connectivity index (χ3v) is 4.58. The van der Waals surface area contributed by atoms with Gasteiger partial charge in [0.2, 0.25) is 0 Å². The number of hydrogen-bond acceptors (Lipinski definition) is 3. The lowest BCUT2D eigenvalue weighted by atomic mass is 10.1. The Balaban J connectivity index is 2.27. The summed E-state index contributed by atoms with van der Waals surface area (Å²) in [7, 11) is 3.24. The number of hydrogen-bond donors (Lipinski definition) is 1. The van der Waals surface area contributed by atoms with Gasteiger partial charge in [-0.1, -0.05) is 34.8 Å². The van der Waals surface area contributed by atoms with E-state index in [-0.39, 0.29) is 11.5 Å². The highest BCUT2D eigenvalue weighted by Gasteiger charge is 2.17. The maximum Gasteiger partial charge on any atom is 0.258 e. The van der Waals surface area contributed by atoms with E-state index in [0.717, 1.165) is 11.3 Å². The van der Waals surface area contributed by atoms with E-state index in [9.17, 15) is 9.59 Å². The minimum absolute atomic E-state index is 0.252. The van der Waals surface area contributed by atoms with Crippen molar-refractivity contribution in [1.29, 1.82) is 0 Å². The van der Waals surface area contributed by atoms with Gasteiger partial charge in [0.1, 0.15) is 4.34 Å². The normalized spacial score (nSPS) is 10.4. The number of amides is 2. The number of nitrogens with one attached hydrogen (secondary N) is 1. The van der Waals surface area contributed by atoms with Crippen LogP contribution in [0.1, 0.15) is 20.7 Å². The van der Waals surface area contributed by atoms with Crippen LogP contribution in [0.2, 0.25) is 13.7 Å². The first-order chi connectivity index (χ1) is 10.3. The maximum absolute atomic E-state index is 12.2. The van der Waals surface area contributed by atoms with Crippen molar-refractivity contribution < 1.29 is 9.59 Å². The number of anilines is 1. The van der Waals surface area contributed by atoms with Crippen molar-refractivity contribution in [2.45, 2.75) is 0 Å². The van der Waals surface area contributed by atoms with Crippen LogP contribution in [0.25, 0.3) is 0 Å². The maximum atomic E-state index is 12.2. The van der Waals surface area contributed by atoms with Gasteiger partial charge in [-0.3, -0.25) is 9.59 Å². The monoisotopic (exact) mass is 376 g/mol. The van der Waals surface area contributed by atoms with Gasteiger partial charge in [0.05, 0.1) is 20.5 Å². The highest BCUT2D eigenvalue weighted by molar-refractivity contribution is 7.20. The third-order valence-electron chi connectivity index (χ3n) is 2.76. The predicted octanol–water partition coefficient (Wildman–Crippen LogP) is 4.66. The number of carbonyl (C=O) groups excluding carboxylic acids is 2. The summed E-state index contributed by atoms with van der Waals surface area (Å²) in [5.74, 6) is -0.656. The molecule has 0 aliphatic rings. The van der Waals surface area contributed by atoms with Gasteiger partial charge in [-0.05, 0) is 24.3 Å². The molecular formula is C14H11Cl3N2O2S. The van der Waals surface area contributed by atoms with Crippen molar-refractivity contribution in [1.82, 2.24) is 4.90 Å². The standard InChI is InChI=1S/C14H11Cl3N2O2S/c1-19(2)14(21)8-5-7(3-4-10(8)15)18-13(20)9-6-11(16)22-12(9)17/h3-6H,1-2H3,(H,18,20). The number of nitrogens with zero attached hydrogens (tertiary/aromatic N) is 1. The molecule has 0 aliphatic carbocycles. The second-order valence-electron chi connectivity index (χ2n) is 4.59. The van der Waals surface area contributed by atoms with Gasteiger partial charge < -0.3 is 10.2 Å². The number of carbonyl (C=O) groups is 2. The van der Waals surface area contributed by atoms with Gasteiger partial charge in [-0.15, -0.1) is 11.3 Å². The van der Waals surface area contributed by atoms with E-state index in [0.29, 0.717) is 24.9 Å². The van der Waals surface area contributed by atoms with E-state index in [1.54, 1.807) is 26.2 Å². The van der Waals surface area contributed by atoms with Gasteiger partial charge in [-0.2, -0.15) is 0 Å². The molecule has 1 N–H and O–H groups in total. The van der Waals surface area contributed by atoms with E-state index >= 15 is 0 Å². The Bertz CT molecular complexity index is 744. The van der Waals surface area contributed by atoms with Crippen LogP contribution in [-0.2, 0) is 0 Å². The molecule has 0 spiro atoms. The smallest absolute Gasteiger partial charge is 0.258 e. The summed E-state index contributed by atoms with van der Waals surface area (Å²) in [6.07, 6.45) is 0. The lowest BCUT2D eigenvalue weighted by molar-refractivity contribution is 0.0827. The summed E-state index contributed by atoms with van der Waals surface area (Å²) >= 11 is 18.9. The summed E-state index contributed by atoms with van der Waals surface area (Å²) in [5.41, 5.74) is 1.03. The van der Waals surface area contributed by atoms with Crippen LogP contribution < -0.4 is 5.32 Å². The number of halogens is 3. The summed E-state index contributed by atoms with van der Waals surface area (Å²) in [6.45, 7) is 0. The molecule has 0 bridgehead atoms. The third kappa shape index (κ3) is 3.73. The van der Waals surface area contributed by atoms with Crippen molar-refractivity contribution in [2.24, 2.45) is 0 Å². The largest absolute Gasteiger partial charge is 0.345 e. The zero-order valence-corrected chi connectivity index (χ0v) is 14.7. The Morgan fingerprint density at radius 3 is 2.32 bits per heavy atom. The Morgan fingerprint density at radius 2 is 1.77 bits per heavy atom. The molecular weight excluding hydrogens is 367 g/mol. The van der Waals surface area contributed by atoms with E-state index in [4.69, 9.17) is 34.8 Å². The molecule has 8 heteroatoms. The van der Waals surface area contributed by atoms with Crippen LogP contribution in [0.3, 0.4) is 0 Å². The molecule has 0 unspecified atom stereocenters. The SMILES string of the molecule is CN(C)C(=O)c1cc(NC(=O)c2cc(Cl)sc2Cl)ccc1Cl. The second-order valence-corrected chi connectivity index (χ2v) is 7.28. The fourth-order valence-corrected chi connectivity index (χ4v) is 3.36. The van der Waals surface area contributed by atoms with E-state index in [2.05, 4.69) is 5.32 Å². The van der Waals surface area contributed by atoms with Crippen molar-refractivity contribution in [3.05, 3.63) is 49.1 Å². The van der Waals surface area contributed by atoms with Gasteiger partial charge in [0, 0.05) is 19.8 Å². The summed E-state index contributed by atoms with van der Waals surface area (Å²) < 4.78 is 0.732. The van der Waals surface area contributed by atoms with Gasteiger partial charge in [0.25, 0.3) is 11.8 Å². The van der Waals surface area contributed by atoms with Crippen molar-refractivity contribution in [3.63, 3.8) is 0 Å². The second kappa shape index (κ2) is 6.87. The highest BCUT2D eigenvalue weighted by Crippen LogP contribution is 2.32. The first kappa shape index (κ1) is 17.1. The fraction of sp³-hybridized carbons (Fsp3) is 0.143. The zero-order valence-electron chi connectivity index (χ0n) is 11.6. The Kier molecular flexibility index (Phi) is 5.34. The highest BCUT2D eigenvalue weighted by atomic mass is 35.5. The molecule has 2 amide bonds. The molecule has 0 saturated heterocycles. The van der Waals surface area contributed by atoms with Gasteiger partial charge >= 0.3 is 0 Å². The Labute approximate surface area is 146 Å². The Hall–Kier alpha value is -1.27. The number of thiophene rings is 1. The molecule has 0 atom stereocenters. The van der Waals surface area contributed by atoms with E-state index in [1.807, 2.05) is 0 Å². The first-order valence-electron chi connectivity index (χ1n) is 6.07. The molecule has 116 valence electrons. The van der Waals surface area contributed by atoms with Crippen LogP contribution in [0.5, 0.6) is 0 Å². The summed E-state index contributed by atoms with van der Waals surface area (Å²) in [5, 5.41) is 2.98. The quantitative estimate of drug-likeness (QED) is 0.845. The molecule has 0 radical (unpaired) electrons. The van der Waals surface area contributed by atoms with Crippen LogP contribution in [-0.4, -0.2) is 30.8 Å². The molecule has 0 fully saturated rings. The van der Waals surface area contributed by atoms with Crippen LogP contribution in [0, 0.1) is 0 Å². The molecule has 1 aromatic heterocycles. The number of rotatable bonds is 3. The fourth-order valence-electron chi connectivity index (χ4n) is 1.70. The van der Waals surface area contributed by atoms with E-state index in [1.165, 1.54) is 17.0 Å². The van der Waals surface area contributed by atoms with Crippen molar-refractivity contribution in [3.8, 4) is 0 Å². The summed E-state index contributed by atoms with van der Waals surface area (Å²) in [6, 6.07) is 6.17. The minimum Gasteiger partial charge on any atom is -0.345 e. The lowest BCUT2D eigenvalue weighted by Crippen LogP contribution is -2.22. The molecule has 0 saturated carbocycles. The zero-order chi connectivity index (χ0) is 16.4. The molecule has 4 nitrogen and oxygen atoms in total. The van der Waals surface area contributed by atoms with E-state index < -0.39 is 5.91 Å². The van der Waals surface area contributed by atoms with Gasteiger partial charge in [0.15, 0.2) is 0 Å². The first-order valence-corrected chi connectivity index (χ1v) is 8.02. The van der Waals surface area contributed by atoms with Crippen molar-refractivity contribution >= 4 is 63.6 Å². The van der Waals surface area contributed by atoms with Crippen LogP contribution in [0.4, 0.5) is 5.69 Å². The van der Waals surface area contributed by atoms with Crippen LogP contribution in [0.15, 0.2) is 24.3 Å². The summed E-state index contributed by atoms with van der Waals surface area (Å²) in [4.78, 5) is 25.6. The molecule has 1 aromatic carbocycles.